The first kappa shape index (κ1) is 11.8. The van der Waals surface area contributed by atoms with Crippen molar-refractivity contribution in [3.63, 3.8) is 0 Å². The Hall–Kier alpha value is -1.31. The second-order valence-corrected chi connectivity index (χ2v) is 4.25. The van der Waals surface area contributed by atoms with Crippen LogP contribution in [0.4, 0.5) is 0 Å². The summed E-state index contributed by atoms with van der Waals surface area (Å²) in [5, 5.41) is 0. The monoisotopic (exact) mass is 204 g/mol. The summed E-state index contributed by atoms with van der Waals surface area (Å²) in [6.45, 7) is 6.23. The van der Waals surface area contributed by atoms with E-state index in [-0.39, 0.29) is 6.04 Å². The lowest BCUT2D eigenvalue weighted by atomic mass is 10.1. The molecule has 82 valence electrons. The fourth-order valence-electron chi connectivity index (χ4n) is 1.40. The van der Waals surface area contributed by atoms with Gasteiger partial charge in [0, 0.05) is 5.92 Å². The summed E-state index contributed by atoms with van der Waals surface area (Å²) in [6.07, 6.45) is 0.953. The fraction of sp³-hybridized carbons (Fsp3) is 0.462. The summed E-state index contributed by atoms with van der Waals surface area (Å²) < 4.78 is 0. The maximum atomic E-state index is 5.82. The molecule has 1 rings (SSSR count). The Kier molecular flexibility index (Phi) is 4.35. The lowest BCUT2D eigenvalue weighted by Crippen LogP contribution is -2.21. The minimum absolute atomic E-state index is 0.259. The number of benzene rings is 1. The van der Waals surface area contributed by atoms with Crippen LogP contribution in [0.1, 0.15) is 26.3 Å². The van der Waals surface area contributed by atoms with E-state index in [1.54, 1.807) is 0 Å². The zero-order chi connectivity index (χ0) is 11.3. The van der Waals surface area contributed by atoms with Gasteiger partial charge in [0.15, 0.2) is 0 Å². The van der Waals surface area contributed by atoms with Crippen LogP contribution in [0.2, 0.25) is 0 Å². The van der Waals surface area contributed by atoms with Crippen LogP contribution >= 0.6 is 0 Å². The minimum Gasteiger partial charge on any atom is -0.387 e. The molecular weight excluding hydrogens is 184 g/mol. The summed E-state index contributed by atoms with van der Waals surface area (Å²) in [5.41, 5.74) is 7.13. The molecule has 0 bridgehead atoms. The molecule has 2 heteroatoms. The molecule has 1 unspecified atom stereocenters. The van der Waals surface area contributed by atoms with Crippen molar-refractivity contribution in [1.29, 1.82) is 0 Å². The molecule has 0 aromatic heterocycles. The normalized spacial score (nSPS) is 14.3. The Morgan fingerprint density at radius 3 is 2.33 bits per heavy atom. The Labute approximate surface area is 92.2 Å². The van der Waals surface area contributed by atoms with Crippen LogP contribution in [-0.2, 0) is 6.42 Å². The molecule has 0 radical (unpaired) electrons. The maximum absolute atomic E-state index is 5.82. The van der Waals surface area contributed by atoms with Crippen LogP contribution in [0.5, 0.6) is 0 Å². The lowest BCUT2D eigenvalue weighted by molar-refractivity contribution is 0.722. The Morgan fingerprint density at radius 2 is 1.80 bits per heavy atom. The summed E-state index contributed by atoms with van der Waals surface area (Å²) in [5.74, 6) is 1.08. The van der Waals surface area contributed by atoms with Gasteiger partial charge in [-0.05, 0) is 18.9 Å². The third-order valence-corrected chi connectivity index (χ3v) is 2.33. The van der Waals surface area contributed by atoms with Crippen molar-refractivity contribution in [3.8, 4) is 0 Å². The molecule has 0 aliphatic heterocycles. The molecule has 0 amide bonds. The van der Waals surface area contributed by atoms with E-state index in [2.05, 4.69) is 50.0 Å². The van der Waals surface area contributed by atoms with Crippen molar-refractivity contribution in [2.24, 2.45) is 16.6 Å². The number of nitrogens with two attached hydrogens (primary N) is 1. The van der Waals surface area contributed by atoms with Gasteiger partial charge in [-0.25, -0.2) is 0 Å². The van der Waals surface area contributed by atoms with Crippen LogP contribution in [0, 0.1) is 5.92 Å². The first-order chi connectivity index (χ1) is 7.09. The van der Waals surface area contributed by atoms with Crippen LogP contribution in [-0.4, -0.2) is 11.9 Å². The van der Waals surface area contributed by atoms with Crippen LogP contribution in [0.25, 0.3) is 0 Å². The molecule has 1 aromatic rings. The molecule has 1 atom stereocenters. The second-order valence-electron chi connectivity index (χ2n) is 4.25. The second kappa shape index (κ2) is 5.54. The minimum atomic E-state index is 0.259. The molecular formula is C13H20N2. The van der Waals surface area contributed by atoms with Crippen molar-refractivity contribution in [2.75, 3.05) is 0 Å². The molecule has 0 saturated heterocycles. The van der Waals surface area contributed by atoms with E-state index < -0.39 is 0 Å². The summed E-state index contributed by atoms with van der Waals surface area (Å²) in [4.78, 5) is 4.47. The van der Waals surface area contributed by atoms with E-state index >= 15 is 0 Å². The van der Waals surface area contributed by atoms with Gasteiger partial charge in [-0.2, -0.15) is 0 Å². The number of rotatable bonds is 4. The summed E-state index contributed by atoms with van der Waals surface area (Å²) in [7, 11) is 0. The number of hydrogen-bond acceptors (Lipinski definition) is 1. The molecule has 2 N–H and O–H groups in total. The van der Waals surface area contributed by atoms with Crippen LogP contribution in [0.3, 0.4) is 0 Å². The molecule has 0 aliphatic carbocycles. The van der Waals surface area contributed by atoms with E-state index in [4.69, 9.17) is 5.73 Å². The van der Waals surface area contributed by atoms with E-state index in [0.29, 0.717) is 5.92 Å². The van der Waals surface area contributed by atoms with Crippen molar-refractivity contribution >= 4 is 5.84 Å². The van der Waals surface area contributed by atoms with Gasteiger partial charge < -0.3 is 5.73 Å². The van der Waals surface area contributed by atoms with Gasteiger partial charge in [0.25, 0.3) is 0 Å². The van der Waals surface area contributed by atoms with Crippen molar-refractivity contribution in [2.45, 2.75) is 33.2 Å². The van der Waals surface area contributed by atoms with Gasteiger partial charge in [-0.15, -0.1) is 0 Å². The Morgan fingerprint density at radius 1 is 1.20 bits per heavy atom. The fourth-order valence-corrected chi connectivity index (χ4v) is 1.40. The number of hydrogen-bond donors (Lipinski definition) is 1. The molecule has 0 fully saturated rings. The summed E-state index contributed by atoms with van der Waals surface area (Å²) in [6, 6.07) is 10.6. The zero-order valence-corrected chi connectivity index (χ0v) is 9.77. The Bertz CT molecular complexity index is 315. The van der Waals surface area contributed by atoms with Crippen LogP contribution in [0.15, 0.2) is 35.3 Å². The van der Waals surface area contributed by atoms with E-state index in [1.807, 2.05) is 6.07 Å². The average Bonchev–Trinajstić information content (AvgIpc) is 2.18. The summed E-state index contributed by atoms with van der Waals surface area (Å²) >= 11 is 0. The van der Waals surface area contributed by atoms with Gasteiger partial charge in [-0.1, -0.05) is 44.2 Å². The molecule has 0 aliphatic rings. The zero-order valence-electron chi connectivity index (χ0n) is 9.77. The van der Waals surface area contributed by atoms with E-state index in [1.165, 1.54) is 5.56 Å². The lowest BCUT2D eigenvalue weighted by Gasteiger charge is -2.10. The highest BCUT2D eigenvalue weighted by Gasteiger charge is 2.04. The molecule has 0 saturated carbocycles. The van der Waals surface area contributed by atoms with Gasteiger partial charge >= 0.3 is 0 Å². The van der Waals surface area contributed by atoms with Gasteiger partial charge in [0.2, 0.25) is 0 Å². The van der Waals surface area contributed by atoms with Gasteiger partial charge in [0.05, 0.1) is 11.9 Å². The van der Waals surface area contributed by atoms with E-state index in [0.717, 1.165) is 12.3 Å². The highest BCUT2D eigenvalue weighted by Crippen LogP contribution is 2.06. The largest absolute Gasteiger partial charge is 0.387 e. The highest BCUT2D eigenvalue weighted by molar-refractivity contribution is 5.82. The SMILES string of the molecule is CC(Cc1ccccc1)N=C(N)C(C)C. The van der Waals surface area contributed by atoms with E-state index in [9.17, 15) is 0 Å². The average molecular weight is 204 g/mol. The topological polar surface area (TPSA) is 38.4 Å². The highest BCUT2D eigenvalue weighted by atomic mass is 14.9. The molecule has 15 heavy (non-hydrogen) atoms. The first-order valence-electron chi connectivity index (χ1n) is 5.46. The van der Waals surface area contributed by atoms with Crippen LogP contribution < -0.4 is 5.73 Å². The van der Waals surface area contributed by atoms with Gasteiger partial charge in [0.1, 0.15) is 0 Å². The molecule has 0 heterocycles. The smallest absolute Gasteiger partial charge is 0.0966 e. The van der Waals surface area contributed by atoms with Crippen molar-refractivity contribution in [1.82, 2.24) is 0 Å². The van der Waals surface area contributed by atoms with Crippen molar-refractivity contribution < 1.29 is 0 Å². The Balaban J connectivity index is 2.57. The number of nitrogens with zero attached hydrogens (tertiary/aromatic N) is 1. The third kappa shape index (κ3) is 4.15. The first-order valence-corrected chi connectivity index (χ1v) is 5.46. The van der Waals surface area contributed by atoms with Gasteiger partial charge in [-0.3, -0.25) is 4.99 Å². The number of amidine groups is 1. The molecule has 0 spiro atoms. The molecule has 1 aromatic carbocycles. The van der Waals surface area contributed by atoms with Crippen molar-refractivity contribution in [3.05, 3.63) is 35.9 Å². The quantitative estimate of drug-likeness (QED) is 0.594. The predicted molar refractivity (Wildman–Crippen MR) is 66.1 cm³/mol. The predicted octanol–water partition coefficient (Wildman–Crippen LogP) is 2.63. The standard InChI is InChI=1S/C13H20N2/c1-10(2)13(14)15-11(3)9-12-7-5-4-6-8-12/h4-8,10-11H,9H2,1-3H3,(H2,14,15). The third-order valence-electron chi connectivity index (χ3n) is 2.33. The number of aliphatic imine (C=N–C) groups is 1. The molecule has 2 nitrogen and oxygen atoms in total. The maximum Gasteiger partial charge on any atom is 0.0966 e.